The Morgan fingerprint density at radius 3 is 2.68 bits per heavy atom. The molecule has 4 heteroatoms. The Bertz CT molecular complexity index is 680. The zero-order chi connectivity index (χ0) is 15.5. The molecule has 1 aromatic heterocycles. The molecule has 0 saturated heterocycles. The number of methoxy groups -OCH3 is 1. The Hall–Kier alpha value is -2.36. The van der Waals surface area contributed by atoms with Gasteiger partial charge in [-0.05, 0) is 35.7 Å². The van der Waals surface area contributed by atoms with Crippen molar-refractivity contribution in [3.63, 3.8) is 0 Å². The van der Waals surface area contributed by atoms with Crippen molar-refractivity contribution >= 4 is 5.91 Å². The van der Waals surface area contributed by atoms with Gasteiger partial charge in [0, 0.05) is 25.7 Å². The molecule has 1 aliphatic rings. The predicted molar refractivity (Wildman–Crippen MR) is 85.1 cm³/mol. The molecule has 1 aromatic carbocycles. The summed E-state index contributed by atoms with van der Waals surface area (Å²) in [5.41, 5.74) is 3.91. The van der Waals surface area contributed by atoms with Gasteiger partial charge in [0.2, 0.25) is 0 Å². The molecule has 3 rings (SSSR count). The number of amides is 1. The number of hydrogen-bond acceptors (Lipinski definition) is 3. The van der Waals surface area contributed by atoms with E-state index in [4.69, 9.17) is 4.74 Å². The lowest BCUT2D eigenvalue weighted by atomic mass is 10.0. The van der Waals surface area contributed by atoms with E-state index in [2.05, 4.69) is 11.9 Å². The molecule has 0 saturated carbocycles. The summed E-state index contributed by atoms with van der Waals surface area (Å²) in [7, 11) is 1.65. The fraction of sp³-hybridized carbons (Fsp3) is 0.333. The highest BCUT2D eigenvalue weighted by Crippen LogP contribution is 2.21. The molecule has 0 radical (unpaired) electrons. The first-order valence-corrected chi connectivity index (χ1v) is 7.61. The Balaban J connectivity index is 1.79. The van der Waals surface area contributed by atoms with Gasteiger partial charge in [-0.25, -0.2) is 0 Å². The Labute approximate surface area is 130 Å². The second-order valence-electron chi connectivity index (χ2n) is 5.52. The van der Waals surface area contributed by atoms with Gasteiger partial charge in [0.25, 0.3) is 5.91 Å². The molecule has 0 unspecified atom stereocenters. The number of pyridine rings is 1. The summed E-state index contributed by atoms with van der Waals surface area (Å²) in [5, 5.41) is 0. The number of aryl methyl sites for hydroxylation is 1. The number of fused-ring (bicyclic) bond motifs is 1. The SMILES string of the molecule is CCc1cnc2c(c1)C(=O)N(Cc1ccc(OC)cc1)CC2. The van der Waals surface area contributed by atoms with Gasteiger partial charge in [-0.15, -0.1) is 0 Å². The summed E-state index contributed by atoms with van der Waals surface area (Å²) in [5.74, 6) is 0.913. The lowest BCUT2D eigenvalue weighted by Gasteiger charge is -2.28. The van der Waals surface area contributed by atoms with Crippen LogP contribution in [0.1, 0.15) is 34.1 Å². The van der Waals surface area contributed by atoms with Crippen LogP contribution in [0.5, 0.6) is 5.75 Å². The van der Waals surface area contributed by atoms with Crippen molar-refractivity contribution < 1.29 is 9.53 Å². The van der Waals surface area contributed by atoms with Crippen molar-refractivity contribution in [1.82, 2.24) is 9.88 Å². The average Bonchev–Trinajstić information content (AvgIpc) is 2.58. The molecule has 0 bridgehead atoms. The Morgan fingerprint density at radius 2 is 2.00 bits per heavy atom. The van der Waals surface area contributed by atoms with Crippen molar-refractivity contribution in [2.24, 2.45) is 0 Å². The van der Waals surface area contributed by atoms with Crippen LogP contribution in [-0.4, -0.2) is 29.4 Å². The largest absolute Gasteiger partial charge is 0.497 e. The molecular weight excluding hydrogens is 276 g/mol. The standard InChI is InChI=1S/C18H20N2O2/c1-3-13-10-16-17(19-11-13)8-9-20(18(16)21)12-14-4-6-15(22-2)7-5-14/h4-7,10-11H,3,8-9,12H2,1-2H3. The smallest absolute Gasteiger partial charge is 0.256 e. The minimum atomic E-state index is 0.0832. The fourth-order valence-electron chi connectivity index (χ4n) is 2.73. The van der Waals surface area contributed by atoms with Gasteiger partial charge in [-0.2, -0.15) is 0 Å². The van der Waals surface area contributed by atoms with E-state index in [9.17, 15) is 4.79 Å². The third-order valence-electron chi connectivity index (χ3n) is 4.10. The van der Waals surface area contributed by atoms with Crippen LogP contribution >= 0.6 is 0 Å². The Kier molecular flexibility index (Phi) is 4.09. The lowest BCUT2D eigenvalue weighted by Crippen LogP contribution is -2.37. The number of ether oxygens (including phenoxy) is 1. The van der Waals surface area contributed by atoms with E-state index in [0.29, 0.717) is 6.54 Å². The van der Waals surface area contributed by atoms with Crippen molar-refractivity contribution in [2.75, 3.05) is 13.7 Å². The quantitative estimate of drug-likeness (QED) is 0.871. The average molecular weight is 296 g/mol. The zero-order valence-electron chi connectivity index (χ0n) is 13.0. The van der Waals surface area contributed by atoms with Gasteiger partial charge < -0.3 is 9.64 Å². The normalized spacial score (nSPS) is 13.9. The molecule has 2 heterocycles. The van der Waals surface area contributed by atoms with Crippen LogP contribution in [0.25, 0.3) is 0 Å². The first-order chi connectivity index (χ1) is 10.7. The minimum absolute atomic E-state index is 0.0832. The number of carbonyl (C=O) groups is 1. The van der Waals surface area contributed by atoms with Gasteiger partial charge in [0.15, 0.2) is 0 Å². The highest BCUT2D eigenvalue weighted by atomic mass is 16.5. The van der Waals surface area contributed by atoms with Gasteiger partial charge >= 0.3 is 0 Å². The molecule has 0 aliphatic carbocycles. The predicted octanol–water partition coefficient (Wildman–Crippen LogP) is 2.85. The van der Waals surface area contributed by atoms with Crippen LogP contribution in [-0.2, 0) is 19.4 Å². The molecule has 0 N–H and O–H groups in total. The first kappa shape index (κ1) is 14.6. The van der Waals surface area contributed by atoms with Crippen molar-refractivity contribution in [2.45, 2.75) is 26.3 Å². The van der Waals surface area contributed by atoms with E-state index in [1.807, 2.05) is 41.4 Å². The van der Waals surface area contributed by atoms with Crippen molar-refractivity contribution in [3.05, 3.63) is 58.9 Å². The van der Waals surface area contributed by atoms with E-state index in [1.165, 1.54) is 0 Å². The molecule has 0 spiro atoms. The Morgan fingerprint density at radius 1 is 1.23 bits per heavy atom. The number of aromatic nitrogens is 1. The fourth-order valence-corrected chi connectivity index (χ4v) is 2.73. The summed E-state index contributed by atoms with van der Waals surface area (Å²) >= 11 is 0. The molecular formula is C18H20N2O2. The van der Waals surface area contributed by atoms with Gasteiger partial charge in [-0.1, -0.05) is 19.1 Å². The van der Waals surface area contributed by atoms with E-state index >= 15 is 0 Å². The molecule has 0 atom stereocenters. The summed E-state index contributed by atoms with van der Waals surface area (Å²) in [4.78, 5) is 19.0. The van der Waals surface area contributed by atoms with E-state index < -0.39 is 0 Å². The molecule has 1 aliphatic heterocycles. The maximum absolute atomic E-state index is 12.7. The minimum Gasteiger partial charge on any atom is -0.497 e. The van der Waals surface area contributed by atoms with E-state index in [1.54, 1.807) is 7.11 Å². The number of carbonyl (C=O) groups excluding carboxylic acids is 1. The van der Waals surface area contributed by atoms with Gasteiger partial charge in [-0.3, -0.25) is 9.78 Å². The molecule has 1 amide bonds. The van der Waals surface area contributed by atoms with Crippen LogP contribution in [0.4, 0.5) is 0 Å². The van der Waals surface area contributed by atoms with Crippen LogP contribution in [0, 0.1) is 0 Å². The maximum Gasteiger partial charge on any atom is 0.256 e. The lowest BCUT2D eigenvalue weighted by molar-refractivity contribution is 0.0725. The maximum atomic E-state index is 12.7. The monoisotopic (exact) mass is 296 g/mol. The van der Waals surface area contributed by atoms with E-state index in [0.717, 1.165) is 47.5 Å². The molecule has 2 aromatic rings. The van der Waals surface area contributed by atoms with Crippen molar-refractivity contribution in [1.29, 1.82) is 0 Å². The molecule has 4 nitrogen and oxygen atoms in total. The van der Waals surface area contributed by atoms with Crippen LogP contribution < -0.4 is 4.74 Å². The van der Waals surface area contributed by atoms with Crippen molar-refractivity contribution in [3.8, 4) is 5.75 Å². The third kappa shape index (κ3) is 2.82. The second kappa shape index (κ2) is 6.18. The summed E-state index contributed by atoms with van der Waals surface area (Å²) < 4.78 is 5.16. The number of hydrogen-bond donors (Lipinski definition) is 0. The second-order valence-corrected chi connectivity index (χ2v) is 5.52. The number of benzene rings is 1. The van der Waals surface area contributed by atoms with Crippen LogP contribution in [0.2, 0.25) is 0 Å². The van der Waals surface area contributed by atoms with E-state index in [-0.39, 0.29) is 5.91 Å². The highest BCUT2D eigenvalue weighted by Gasteiger charge is 2.25. The topological polar surface area (TPSA) is 42.4 Å². The summed E-state index contributed by atoms with van der Waals surface area (Å²) in [6.07, 6.45) is 3.60. The molecule has 114 valence electrons. The summed E-state index contributed by atoms with van der Waals surface area (Å²) in [6, 6.07) is 9.85. The first-order valence-electron chi connectivity index (χ1n) is 7.61. The third-order valence-corrected chi connectivity index (χ3v) is 4.10. The van der Waals surface area contributed by atoms with Crippen LogP contribution in [0.15, 0.2) is 36.5 Å². The number of nitrogens with zero attached hydrogens (tertiary/aromatic N) is 2. The highest BCUT2D eigenvalue weighted by molar-refractivity contribution is 5.96. The molecule has 0 fully saturated rings. The van der Waals surface area contributed by atoms with Gasteiger partial charge in [0.1, 0.15) is 5.75 Å². The summed E-state index contributed by atoms with van der Waals surface area (Å²) in [6.45, 7) is 3.42. The van der Waals surface area contributed by atoms with Gasteiger partial charge in [0.05, 0.1) is 18.4 Å². The molecule has 22 heavy (non-hydrogen) atoms. The number of rotatable bonds is 4. The van der Waals surface area contributed by atoms with Crippen LogP contribution in [0.3, 0.4) is 0 Å². The zero-order valence-corrected chi connectivity index (χ0v) is 13.0.